The monoisotopic (exact) mass is 506 g/mol. The van der Waals surface area contributed by atoms with Crippen molar-refractivity contribution in [2.45, 2.75) is 24.9 Å². The molecule has 2 N–H and O–H groups in total. The first-order valence-electron chi connectivity index (χ1n) is 12.0. The second-order valence-corrected chi connectivity index (χ2v) is 8.64. The van der Waals surface area contributed by atoms with E-state index in [1.807, 2.05) is 42.5 Å². The van der Waals surface area contributed by atoms with Crippen molar-refractivity contribution >= 4 is 17.9 Å². The van der Waals surface area contributed by atoms with E-state index in [0.717, 1.165) is 17.7 Å². The lowest BCUT2D eigenvalue weighted by atomic mass is 9.95. The van der Waals surface area contributed by atoms with Crippen molar-refractivity contribution in [1.29, 1.82) is 0 Å². The van der Waals surface area contributed by atoms with E-state index >= 15 is 0 Å². The molecule has 37 heavy (non-hydrogen) atoms. The third-order valence-electron chi connectivity index (χ3n) is 5.86. The van der Waals surface area contributed by atoms with Crippen LogP contribution in [0.4, 0.5) is 8.78 Å². The smallest absolute Gasteiger partial charge is 0.252 e. The van der Waals surface area contributed by atoms with Gasteiger partial charge in [-0.15, -0.1) is 0 Å². The van der Waals surface area contributed by atoms with Crippen molar-refractivity contribution in [1.82, 2.24) is 5.32 Å². The number of benzene rings is 3. The Labute approximate surface area is 214 Å². The number of nitrogens with zero attached hydrogens (tertiary/aromatic N) is 1. The van der Waals surface area contributed by atoms with Crippen LogP contribution in [0.1, 0.15) is 29.5 Å². The van der Waals surface area contributed by atoms with Crippen LogP contribution in [0.3, 0.4) is 0 Å². The molecule has 0 spiro atoms. The number of rotatable bonds is 11. The lowest BCUT2D eigenvalue weighted by molar-refractivity contribution is -0.126. The molecule has 1 aliphatic rings. The highest BCUT2D eigenvalue weighted by molar-refractivity contribution is 6.00. The van der Waals surface area contributed by atoms with Gasteiger partial charge in [-0.05, 0) is 47.5 Å². The number of ether oxygens (including phenoxy) is 2. The van der Waals surface area contributed by atoms with Gasteiger partial charge >= 0.3 is 0 Å². The molecule has 4 rings (SSSR count). The molecule has 0 saturated carbocycles. The second kappa shape index (κ2) is 12.3. The molecule has 3 aromatic rings. The number of carbonyl (C=O) groups is 1. The molecule has 1 amide bonds. The Balaban J connectivity index is 1.52. The van der Waals surface area contributed by atoms with Gasteiger partial charge in [0.05, 0.1) is 6.61 Å². The van der Waals surface area contributed by atoms with Crippen molar-refractivity contribution in [2.75, 3.05) is 19.8 Å². The maximum Gasteiger partial charge on any atom is 0.252 e. The largest absolute Gasteiger partial charge is 0.494 e. The zero-order valence-corrected chi connectivity index (χ0v) is 20.2. The first kappa shape index (κ1) is 26.0. The summed E-state index contributed by atoms with van der Waals surface area (Å²) >= 11 is 0. The summed E-state index contributed by atoms with van der Waals surface area (Å²) < 4.78 is 38.3. The van der Waals surface area contributed by atoms with Crippen LogP contribution in [0.25, 0.3) is 6.08 Å². The zero-order chi connectivity index (χ0) is 26.1. The molecule has 3 aromatic carbocycles. The molecule has 6 nitrogen and oxygen atoms in total. The molecule has 192 valence electrons. The van der Waals surface area contributed by atoms with E-state index in [9.17, 15) is 13.6 Å². The molecule has 0 unspecified atom stereocenters. The Kier molecular flexibility index (Phi) is 8.64. The molecule has 1 aliphatic heterocycles. The number of hydrogen-bond acceptors (Lipinski definition) is 5. The molecule has 1 heterocycles. The molecule has 0 radical (unpaired) electrons. The van der Waals surface area contributed by atoms with Gasteiger partial charge in [0.25, 0.3) is 5.91 Å². The fraction of sp³-hybridized carbons (Fsp3) is 0.241. The number of carbonyl (C=O) groups excluding carboxylic acids is 1. The standard InChI is InChI=1S/C29H28F2N2O4/c30-25-14-9-22(18-26(25)31)19-32-28(35)29(15-4-8-21-6-2-1-3-7-21)20-37-27(33-29)23-10-12-24(13-11-23)36-17-5-16-34/h1-4,6-14,18,34H,5,15-17,19-20H2,(H,32,35)/b8-4+/t29-/m1/s1. The van der Waals surface area contributed by atoms with Gasteiger partial charge in [0.2, 0.25) is 5.90 Å². The van der Waals surface area contributed by atoms with Gasteiger partial charge in [0, 0.05) is 31.6 Å². The van der Waals surface area contributed by atoms with Crippen LogP contribution in [0, 0.1) is 11.6 Å². The van der Waals surface area contributed by atoms with Gasteiger partial charge in [-0.1, -0.05) is 48.6 Å². The summed E-state index contributed by atoms with van der Waals surface area (Å²) in [6.45, 7) is 0.509. The van der Waals surface area contributed by atoms with E-state index in [4.69, 9.17) is 19.6 Å². The lowest BCUT2D eigenvalue weighted by Gasteiger charge is -2.21. The van der Waals surface area contributed by atoms with Crippen molar-refractivity contribution in [3.63, 3.8) is 0 Å². The molecular weight excluding hydrogens is 478 g/mol. The van der Waals surface area contributed by atoms with Crippen molar-refractivity contribution in [3.05, 3.63) is 107 Å². The minimum atomic E-state index is -1.23. The number of aliphatic hydroxyl groups excluding tert-OH is 1. The third-order valence-corrected chi connectivity index (χ3v) is 5.86. The van der Waals surface area contributed by atoms with Gasteiger partial charge in [-0.3, -0.25) is 4.79 Å². The number of nitrogens with one attached hydrogen (secondary N) is 1. The molecular formula is C29H28F2N2O4. The van der Waals surface area contributed by atoms with E-state index in [2.05, 4.69) is 5.32 Å². The van der Waals surface area contributed by atoms with Crippen LogP contribution in [-0.2, 0) is 16.1 Å². The Bertz CT molecular complexity index is 1260. The van der Waals surface area contributed by atoms with Crippen molar-refractivity contribution < 1.29 is 28.2 Å². The first-order valence-corrected chi connectivity index (χ1v) is 12.0. The average Bonchev–Trinajstić information content (AvgIpc) is 3.36. The van der Waals surface area contributed by atoms with Crippen LogP contribution in [-0.4, -0.2) is 42.3 Å². The van der Waals surface area contributed by atoms with Gasteiger partial charge < -0.3 is 19.9 Å². The second-order valence-electron chi connectivity index (χ2n) is 8.64. The van der Waals surface area contributed by atoms with E-state index < -0.39 is 17.2 Å². The molecule has 0 aromatic heterocycles. The summed E-state index contributed by atoms with van der Waals surface area (Å²) in [5.41, 5.74) is 0.883. The van der Waals surface area contributed by atoms with Crippen LogP contribution in [0.2, 0.25) is 0 Å². The normalized spacial score (nSPS) is 16.9. The maximum absolute atomic E-state index is 13.6. The highest BCUT2D eigenvalue weighted by Crippen LogP contribution is 2.28. The van der Waals surface area contributed by atoms with Crippen LogP contribution >= 0.6 is 0 Å². The van der Waals surface area contributed by atoms with Crippen LogP contribution < -0.4 is 10.1 Å². The number of hydrogen-bond donors (Lipinski definition) is 2. The molecule has 0 fully saturated rings. The lowest BCUT2D eigenvalue weighted by Crippen LogP contribution is -2.46. The van der Waals surface area contributed by atoms with Crippen molar-refractivity contribution in [3.8, 4) is 5.75 Å². The number of amides is 1. The molecule has 0 aliphatic carbocycles. The summed E-state index contributed by atoms with van der Waals surface area (Å²) in [6, 6.07) is 20.3. The Morgan fingerprint density at radius 2 is 1.86 bits per heavy atom. The summed E-state index contributed by atoms with van der Waals surface area (Å²) in [5, 5.41) is 11.7. The maximum atomic E-state index is 13.6. The molecule has 1 atom stereocenters. The Morgan fingerprint density at radius 1 is 1.08 bits per heavy atom. The highest BCUT2D eigenvalue weighted by atomic mass is 19.2. The SMILES string of the molecule is O=C(NCc1ccc(F)c(F)c1)[C@@]1(C/C=C/c2ccccc2)COC(c2ccc(OCCCO)cc2)=N1. The number of aliphatic hydroxyl groups is 1. The fourth-order valence-corrected chi connectivity index (χ4v) is 3.81. The topological polar surface area (TPSA) is 80.2 Å². The van der Waals surface area contributed by atoms with Gasteiger partial charge in [-0.25, -0.2) is 13.8 Å². The third kappa shape index (κ3) is 6.80. The van der Waals surface area contributed by atoms with E-state index in [1.165, 1.54) is 6.07 Å². The minimum absolute atomic E-state index is 0.0188. The summed E-state index contributed by atoms with van der Waals surface area (Å²) in [7, 11) is 0. The first-order chi connectivity index (χ1) is 18.0. The van der Waals surface area contributed by atoms with Crippen molar-refractivity contribution in [2.24, 2.45) is 4.99 Å². The van der Waals surface area contributed by atoms with E-state index in [-0.39, 0.29) is 32.1 Å². The van der Waals surface area contributed by atoms with E-state index in [1.54, 1.807) is 24.3 Å². The zero-order valence-electron chi connectivity index (χ0n) is 20.2. The van der Waals surface area contributed by atoms with E-state index in [0.29, 0.717) is 35.8 Å². The fourth-order valence-electron chi connectivity index (χ4n) is 3.81. The minimum Gasteiger partial charge on any atom is -0.494 e. The average molecular weight is 507 g/mol. The number of halogens is 2. The quantitative estimate of drug-likeness (QED) is 0.371. The van der Waals surface area contributed by atoms with Gasteiger partial charge in [-0.2, -0.15) is 0 Å². The van der Waals surface area contributed by atoms with Crippen LogP contribution in [0.15, 0.2) is 83.9 Å². The van der Waals surface area contributed by atoms with Crippen LogP contribution in [0.5, 0.6) is 5.75 Å². The predicted octanol–water partition coefficient (Wildman–Crippen LogP) is 4.66. The Morgan fingerprint density at radius 3 is 2.59 bits per heavy atom. The molecule has 0 saturated heterocycles. The summed E-state index contributed by atoms with van der Waals surface area (Å²) in [6.07, 6.45) is 4.60. The highest BCUT2D eigenvalue weighted by Gasteiger charge is 2.43. The summed E-state index contributed by atoms with van der Waals surface area (Å²) in [5.74, 6) is -1.31. The molecule has 8 heteroatoms. The van der Waals surface area contributed by atoms with Gasteiger partial charge in [0.1, 0.15) is 12.4 Å². The summed E-state index contributed by atoms with van der Waals surface area (Å²) in [4.78, 5) is 18.1. The Hall–Kier alpha value is -4.04. The number of aliphatic imine (C=N–C) groups is 1. The predicted molar refractivity (Wildman–Crippen MR) is 137 cm³/mol. The van der Waals surface area contributed by atoms with Gasteiger partial charge in [0.15, 0.2) is 17.2 Å². The molecule has 0 bridgehead atoms.